The summed E-state index contributed by atoms with van der Waals surface area (Å²) in [6.45, 7) is 4.88. The van der Waals surface area contributed by atoms with Crippen molar-refractivity contribution in [3.8, 4) is 0 Å². The van der Waals surface area contributed by atoms with Gasteiger partial charge in [-0.2, -0.15) is 0 Å². The quantitative estimate of drug-likeness (QED) is 0.698. The van der Waals surface area contributed by atoms with Crippen LogP contribution in [0.2, 0.25) is 5.15 Å². The van der Waals surface area contributed by atoms with Crippen LogP contribution in [0.4, 0.5) is 11.5 Å². The molecule has 0 fully saturated rings. The predicted octanol–water partition coefficient (Wildman–Crippen LogP) is 1.50. The highest BCUT2D eigenvalue weighted by atomic mass is 35.5. The molecule has 5 nitrogen and oxygen atoms in total. The van der Waals surface area contributed by atoms with Crippen molar-refractivity contribution in [1.82, 2.24) is 10.3 Å². The third-order valence-corrected chi connectivity index (χ3v) is 2.15. The fourth-order valence-corrected chi connectivity index (χ4v) is 1.38. The molecule has 1 amide bonds. The largest absolute Gasteiger partial charge is 0.399 e. The zero-order chi connectivity index (χ0) is 12.8. The van der Waals surface area contributed by atoms with Gasteiger partial charge in [0.15, 0.2) is 0 Å². The number of carbonyl (C=O) groups excluding carboxylic acids is 1. The number of nitrogens with two attached hydrogens (primary N) is 1. The van der Waals surface area contributed by atoms with Gasteiger partial charge in [-0.25, -0.2) is 4.98 Å². The first-order valence-corrected chi connectivity index (χ1v) is 5.79. The van der Waals surface area contributed by atoms with Crippen molar-refractivity contribution in [2.24, 2.45) is 5.92 Å². The molecule has 0 saturated carbocycles. The molecule has 0 unspecified atom stereocenters. The van der Waals surface area contributed by atoms with Crippen molar-refractivity contribution in [2.45, 2.75) is 13.8 Å². The normalized spacial score (nSPS) is 10.4. The van der Waals surface area contributed by atoms with E-state index in [1.165, 1.54) is 0 Å². The van der Waals surface area contributed by atoms with Crippen LogP contribution in [0.1, 0.15) is 13.8 Å². The number of halogens is 1. The second-order valence-electron chi connectivity index (χ2n) is 4.16. The molecule has 0 aliphatic heterocycles. The van der Waals surface area contributed by atoms with Gasteiger partial charge in [0.1, 0.15) is 11.0 Å². The standard InChI is InChI=1S/C11H17ClN4O/c1-7(2)5-15-11(17)6-14-10-4-8(13)3-9(12)16-10/h3-4,7H,5-6H2,1-2H3,(H,15,17)(H3,13,14,16). The van der Waals surface area contributed by atoms with Crippen LogP contribution in [0, 0.1) is 5.92 Å². The Bertz CT molecular complexity index is 375. The Morgan fingerprint density at radius 2 is 2.24 bits per heavy atom. The summed E-state index contributed by atoms with van der Waals surface area (Å²) < 4.78 is 0. The number of hydrogen-bond donors (Lipinski definition) is 3. The van der Waals surface area contributed by atoms with Crippen LogP contribution in [-0.2, 0) is 4.79 Å². The second-order valence-corrected chi connectivity index (χ2v) is 4.55. The van der Waals surface area contributed by atoms with E-state index in [0.717, 1.165) is 0 Å². The maximum atomic E-state index is 11.4. The number of carbonyl (C=O) groups is 1. The lowest BCUT2D eigenvalue weighted by Crippen LogP contribution is -2.32. The molecule has 0 aliphatic carbocycles. The molecule has 0 atom stereocenters. The zero-order valence-electron chi connectivity index (χ0n) is 9.96. The van der Waals surface area contributed by atoms with Crippen LogP contribution in [0.3, 0.4) is 0 Å². The van der Waals surface area contributed by atoms with Gasteiger partial charge in [0.2, 0.25) is 5.91 Å². The van der Waals surface area contributed by atoms with E-state index in [2.05, 4.69) is 15.6 Å². The first kappa shape index (κ1) is 13.6. The predicted molar refractivity (Wildman–Crippen MR) is 70.0 cm³/mol. The van der Waals surface area contributed by atoms with E-state index >= 15 is 0 Å². The molecule has 0 aromatic carbocycles. The third-order valence-electron chi connectivity index (χ3n) is 1.95. The molecular formula is C11H17ClN4O. The van der Waals surface area contributed by atoms with E-state index in [1.54, 1.807) is 12.1 Å². The molecule has 17 heavy (non-hydrogen) atoms. The number of nitrogen functional groups attached to an aromatic ring is 1. The molecule has 4 N–H and O–H groups in total. The van der Waals surface area contributed by atoms with Crippen LogP contribution >= 0.6 is 11.6 Å². The van der Waals surface area contributed by atoms with Gasteiger partial charge < -0.3 is 16.4 Å². The van der Waals surface area contributed by atoms with Crippen LogP contribution in [0.25, 0.3) is 0 Å². The van der Waals surface area contributed by atoms with Gasteiger partial charge in [-0.05, 0) is 12.0 Å². The highest BCUT2D eigenvalue weighted by Gasteiger charge is 2.03. The monoisotopic (exact) mass is 256 g/mol. The summed E-state index contributed by atoms with van der Waals surface area (Å²) in [7, 11) is 0. The SMILES string of the molecule is CC(C)CNC(=O)CNc1cc(N)cc(Cl)n1. The van der Waals surface area contributed by atoms with E-state index < -0.39 is 0 Å². The first-order valence-electron chi connectivity index (χ1n) is 5.41. The Morgan fingerprint density at radius 3 is 2.82 bits per heavy atom. The fourth-order valence-electron chi connectivity index (χ4n) is 1.16. The number of nitrogens with zero attached hydrogens (tertiary/aromatic N) is 1. The molecule has 0 saturated heterocycles. The van der Waals surface area contributed by atoms with Gasteiger partial charge in [0.25, 0.3) is 0 Å². The Hall–Kier alpha value is -1.49. The third kappa shape index (κ3) is 5.40. The number of anilines is 2. The van der Waals surface area contributed by atoms with E-state index in [9.17, 15) is 4.79 Å². The van der Waals surface area contributed by atoms with Gasteiger partial charge in [-0.15, -0.1) is 0 Å². The number of pyridine rings is 1. The highest BCUT2D eigenvalue weighted by Crippen LogP contribution is 2.15. The molecule has 0 spiro atoms. The van der Waals surface area contributed by atoms with Crippen LogP contribution in [0.15, 0.2) is 12.1 Å². The van der Waals surface area contributed by atoms with E-state index in [4.69, 9.17) is 17.3 Å². The van der Waals surface area contributed by atoms with Crippen molar-refractivity contribution in [3.63, 3.8) is 0 Å². The minimum Gasteiger partial charge on any atom is -0.399 e. The van der Waals surface area contributed by atoms with Gasteiger partial charge >= 0.3 is 0 Å². The molecule has 0 bridgehead atoms. The van der Waals surface area contributed by atoms with Crippen molar-refractivity contribution >= 4 is 29.0 Å². The van der Waals surface area contributed by atoms with Crippen molar-refractivity contribution in [1.29, 1.82) is 0 Å². The average molecular weight is 257 g/mol. The minimum absolute atomic E-state index is 0.0842. The first-order chi connectivity index (χ1) is 7.97. The number of rotatable bonds is 5. The molecule has 6 heteroatoms. The van der Waals surface area contributed by atoms with E-state index in [-0.39, 0.29) is 12.5 Å². The zero-order valence-corrected chi connectivity index (χ0v) is 10.7. The smallest absolute Gasteiger partial charge is 0.239 e. The Balaban J connectivity index is 2.42. The molecule has 1 aromatic rings. The average Bonchev–Trinajstić information content (AvgIpc) is 2.22. The number of amides is 1. The Morgan fingerprint density at radius 1 is 1.53 bits per heavy atom. The molecule has 94 valence electrons. The Labute approximate surface area is 106 Å². The van der Waals surface area contributed by atoms with Crippen LogP contribution < -0.4 is 16.4 Å². The van der Waals surface area contributed by atoms with Crippen molar-refractivity contribution in [3.05, 3.63) is 17.3 Å². The lowest BCUT2D eigenvalue weighted by Gasteiger charge is -2.09. The lowest BCUT2D eigenvalue weighted by atomic mass is 10.2. The van der Waals surface area contributed by atoms with Crippen LogP contribution in [-0.4, -0.2) is 24.0 Å². The second kappa shape index (κ2) is 6.30. The molecule has 1 aromatic heterocycles. The Kier molecular flexibility index (Phi) is 5.03. The molecular weight excluding hydrogens is 240 g/mol. The molecule has 0 radical (unpaired) electrons. The van der Waals surface area contributed by atoms with Crippen LogP contribution in [0.5, 0.6) is 0 Å². The van der Waals surface area contributed by atoms with Gasteiger partial charge in [0.05, 0.1) is 6.54 Å². The van der Waals surface area contributed by atoms with Gasteiger partial charge in [-0.1, -0.05) is 25.4 Å². The van der Waals surface area contributed by atoms with E-state index in [0.29, 0.717) is 29.1 Å². The summed E-state index contributed by atoms with van der Waals surface area (Å²) >= 11 is 5.74. The van der Waals surface area contributed by atoms with Crippen molar-refractivity contribution < 1.29 is 4.79 Å². The maximum Gasteiger partial charge on any atom is 0.239 e. The van der Waals surface area contributed by atoms with Gasteiger partial charge in [-0.3, -0.25) is 4.79 Å². The van der Waals surface area contributed by atoms with Gasteiger partial charge in [0, 0.05) is 18.3 Å². The maximum absolute atomic E-state index is 11.4. The fraction of sp³-hybridized carbons (Fsp3) is 0.455. The summed E-state index contributed by atoms with van der Waals surface area (Å²) in [5.74, 6) is 0.840. The topological polar surface area (TPSA) is 80.0 Å². The lowest BCUT2D eigenvalue weighted by molar-refractivity contribution is -0.119. The summed E-state index contributed by atoms with van der Waals surface area (Å²) in [5.41, 5.74) is 6.11. The van der Waals surface area contributed by atoms with E-state index in [1.807, 2.05) is 13.8 Å². The number of nitrogens with one attached hydrogen (secondary N) is 2. The number of hydrogen-bond acceptors (Lipinski definition) is 4. The summed E-state index contributed by atoms with van der Waals surface area (Å²) in [6.07, 6.45) is 0. The number of aromatic nitrogens is 1. The summed E-state index contributed by atoms with van der Waals surface area (Å²) in [5, 5.41) is 5.95. The molecule has 1 heterocycles. The summed E-state index contributed by atoms with van der Waals surface area (Å²) in [6, 6.07) is 3.17. The summed E-state index contributed by atoms with van der Waals surface area (Å²) in [4.78, 5) is 15.4. The molecule has 1 rings (SSSR count). The minimum atomic E-state index is -0.0842. The molecule has 0 aliphatic rings. The highest BCUT2D eigenvalue weighted by molar-refractivity contribution is 6.29. The van der Waals surface area contributed by atoms with Crippen molar-refractivity contribution in [2.75, 3.05) is 24.1 Å².